The zero-order valence-electron chi connectivity index (χ0n) is 10.8. The number of hydrogen-bond donors (Lipinski definition) is 1. The van der Waals surface area contributed by atoms with Crippen molar-refractivity contribution in [3.8, 4) is 0 Å². The van der Waals surface area contributed by atoms with E-state index in [9.17, 15) is 9.90 Å². The summed E-state index contributed by atoms with van der Waals surface area (Å²) in [5.74, 6) is -0.665. The average molecular weight is 290 g/mol. The van der Waals surface area contributed by atoms with Gasteiger partial charge in [0.25, 0.3) is 0 Å². The molecule has 2 aliphatic rings. The lowest BCUT2D eigenvalue weighted by Gasteiger charge is -2.23. The quantitative estimate of drug-likeness (QED) is 0.914. The summed E-state index contributed by atoms with van der Waals surface area (Å²) in [6.07, 6.45) is 1.79. The van der Waals surface area contributed by atoms with Crippen molar-refractivity contribution < 1.29 is 14.6 Å². The minimum atomic E-state index is -0.743. The third-order valence-electron chi connectivity index (χ3n) is 4.46. The molecule has 2 saturated heterocycles. The number of anilines is 1. The molecule has 0 unspecified atom stereocenters. The Bertz CT molecular complexity index is 686. The number of ether oxygens (including phenoxy) is 1. The van der Waals surface area contributed by atoms with E-state index in [-0.39, 0.29) is 5.92 Å². The number of aromatic nitrogens is 1. The van der Waals surface area contributed by atoms with Crippen molar-refractivity contribution in [3.05, 3.63) is 23.7 Å². The van der Waals surface area contributed by atoms with Crippen LogP contribution in [0, 0.1) is 11.3 Å². The smallest absolute Gasteiger partial charge is 0.314 e. The highest BCUT2D eigenvalue weighted by Gasteiger charge is 2.56. The lowest BCUT2D eigenvalue weighted by molar-refractivity contribution is -0.148. The molecule has 6 heteroatoms. The summed E-state index contributed by atoms with van der Waals surface area (Å²) in [6.45, 7) is 2.12. The molecule has 2 aromatic rings. The number of fused-ring (bicyclic) bond motifs is 2. The molecular formula is C14H14N2O3S. The molecule has 0 bridgehead atoms. The number of carbonyl (C=O) groups is 1. The molecule has 104 valence electrons. The summed E-state index contributed by atoms with van der Waals surface area (Å²) in [5.41, 5.74) is 1.33. The Morgan fingerprint density at radius 1 is 1.55 bits per heavy atom. The summed E-state index contributed by atoms with van der Waals surface area (Å²) in [7, 11) is 0. The molecule has 2 aliphatic heterocycles. The largest absolute Gasteiger partial charge is 0.481 e. The van der Waals surface area contributed by atoms with Crippen molar-refractivity contribution >= 4 is 33.2 Å². The first-order chi connectivity index (χ1) is 9.71. The number of pyridine rings is 1. The summed E-state index contributed by atoms with van der Waals surface area (Å²) in [6, 6.07) is 3.98. The van der Waals surface area contributed by atoms with Crippen LogP contribution in [0.3, 0.4) is 0 Å². The lowest BCUT2D eigenvalue weighted by Crippen LogP contribution is -2.39. The van der Waals surface area contributed by atoms with Crippen LogP contribution >= 0.6 is 11.3 Å². The number of nitrogens with zero attached hydrogens (tertiary/aromatic N) is 2. The molecule has 2 aromatic heterocycles. The van der Waals surface area contributed by atoms with Gasteiger partial charge in [0.15, 0.2) is 0 Å². The van der Waals surface area contributed by atoms with Gasteiger partial charge in [-0.25, -0.2) is 0 Å². The van der Waals surface area contributed by atoms with Gasteiger partial charge in [-0.1, -0.05) is 0 Å². The van der Waals surface area contributed by atoms with Crippen LogP contribution in [0.2, 0.25) is 0 Å². The van der Waals surface area contributed by atoms with Gasteiger partial charge in [-0.05, 0) is 17.5 Å². The fourth-order valence-electron chi connectivity index (χ4n) is 3.33. The van der Waals surface area contributed by atoms with Crippen LogP contribution in [-0.2, 0) is 9.53 Å². The van der Waals surface area contributed by atoms with Crippen molar-refractivity contribution in [2.24, 2.45) is 11.3 Å². The SMILES string of the molecule is O=C(O)[C@]12COC[C@H]1CN(c1ccnc3ccsc13)C2. The third kappa shape index (κ3) is 1.52. The van der Waals surface area contributed by atoms with Gasteiger partial charge in [0.1, 0.15) is 5.41 Å². The molecule has 0 spiro atoms. The van der Waals surface area contributed by atoms with Crippen LogP contribution in [0.1, 0.15) is 0 Å². The molecule has 5 nitrogen and oxygen atoms in total. The normalized spacial score (nSPS) is 29.0. The van der Waals surface area contributed by atoms with Crippen molar-refractivity contribution in [1.29, 1.82) is 0 Å². The van der Waals surface area contributed by atoms with Gasteiger partial charge in [0.05, 0.1) is 29.1 Å². The summed E-state index contributed by atoms with van der Waals surface area (Å²) in [5, 5.41) is 11.6. The molecule has 0 aromatic carbocycles. The predicted molar refractivity (Wildman–Crippen MR) is 76.2 cm³/mol. The Hall–Kier alpha value is -1.66. The van der Waals surface area contributed by atoms with E-state index in [4.69, 9.17) is 4.74 Å². The van der Waals surface area contributed by atoms with Crippen LogP contribution in [-0.4, -0.2) is 42.4 Å². The van der Waals surface area contributed by atoms with Gasteiger partial charge in [-0.3, -0.25) is 9.78 Å². The maximum Gasteiger partial charge on any atom is 0.314 e. The van der Waals surface area contributed by atoms with Crippen molar-refractivity contribution in [2.75, 3.05) is 31.2 Å². The Morgan fingerprint density at radius 3 is 3.25 bits per heavy atom. The van der Waals surface area contributed by atoms with Gasteiger partial charge < -0.3 is 14.7 Å². The van der Waals surface area contributed by atoms with Gasteiger partial charge in [-0.15, -0.1) is 11.3 Å². The third-order valence-corrected chi connectivity index (χ3v) is 5.39. The standard InChI is InChI=1S/C14H14N2O3S/c17-13(18)14-7-16(5-9(14)6-19-8-14)11-1-3-15-10-2-4-20-12(10)11/h1-4,9H,5-8H2,(H,17,18)/t9-,14-/m1/s1. The van der Waals surface area contributed by atoms with E-state index in [1.807, 2.05) is 17.5 Å². The Morgan fingerprint density at radius 2 is 2.45 bits per heavy atom. The highest BCUT2D eigenvalue weighted by molar-refractivity contribution is 7.17. The number of carboxylic acid groups (broad SMARTS) is 1. The fourth-order valence-corrected chi connectivity index (χ4v) is 4.22. The first-order valence-corrected chi connectivity index (χ1v) is 7.47. The van der Waals surface area contributed by atoms with Crippen molar-refractivity contribution in [3.63, 3.8) is 0 Å². The summed E-state index contributed by atoms with van der Waals surface area (Å²) in [4.78, 5) is 18.2. The number of rotatable bonds is 2. The Kier molecular flexibility index (Phi) is 2.52. The van der Waals surface area contributed by atoms with E-state index in [1.54, 1.807) is 17.5 Å². The minimum Gasteiger partial charge on any atom is -0.481 e. The average Bonchev–Trinajstić information content (AvgIpc) is 3.11. The first-order valence-electron chi connectivity index (χ1n) is 6.59. The first kappa shape index (κ1) is 12.1. The second-order valence-electron chi connectivity index (χ2n) is 5.52. The number of thiophene rings is 1. The van der Waals surface area contributed by atoms with E-state index in [0.717, 1.165) is 22.4 Å². The molecule has 0 radical (unpaired) electrons. The van der Waals surface area contributed by atoms with E-state index < -0.39 is 11.4 Å². The Labute approximate surface area is 119 Å². The maximum absolute atomic E-state index is 11.7. The van der Waals surface area contributed by atoms with Gasteiger partial charge in [-0.2, -0.15) is 0 Å². The molecule has 4 heterocycles. The summed E-state index contributed by atoms with van der Waals surface area (Å²) >= 11 is 1.65. The molecular weight excluding hydrogens is 276 g/mol. The molecule has 2 atom stereocenters. The van der Waals surface area contributed by atoms with E-state index in [2.05, 4.69) is 9.88 Å². The summed E-state index contributed by atoms with van der Waals surface area (Å²) < 4.78 is 6.55. The van der Waals surface area contributed by atoms with E-state index in [0.29, 0.717) is 19.8 Å². The number of carboxylic acids is 1. The van der Waals surface area contributed by atoms with Crippen LogP contribution in [0.15, 0.2) is 23.7 Å². The van der Waals surface area contributed by atoms with Gasteiger partial charge in [0, 0.05) is 25.2 Å². The van der Waals surface area contributed by atoms with Crippen LogP contribution in [0.4, 0.5) is 5.69 Å². The Balaban J connectivity index is 1.75. The highest BCUT2D eigenvalue weighted by Crippen LogP contribution is 2.44. The zero-order chi connectivity index (χ0) is 13.7. The minimum absolute atomic E-state index is 0.0724. The van der Waals surface area contributed by atoms with E-state index in [1.165, 1.54) is 0 Å². The molecule has 0 amide bonds. The molecule has 0 aliphatic carbocycles. The second-order valence-corrected chi connectivity index (χ2v) is 6.44. The predicted octanol–water partition coefficient (Wildman–Crippen LogP) is 1.83. The maximum atomic E-state index is 11.7. The molecule has 20 heavy (non-hydrogen) atoms. The van der Waals surface area contributed by atoms with Crippen LogP contribution < -0.4 is 4.90 Å². The monoisotopic (exact) mass is 290 g/mol. The number of hydrogen-bond acceptors (Lipinski definition) is 5. The van der Waals surface area contributed by atoms with Crippen molar-refractivity contribution in [2.45, 2.75) is 0 Å². The highest BCUT2D eigenvalue weighted by atomic mass is 32.1. The molecule has 4 rings (SSSR count). The second kappa shape index (κ2) is 4.17. The zero-order valence-corrected chi connectivity index (χ0v) is 11.6. The van der Waals surface area contributed by atoms with Crippen LogP contribution in [0.5, 0.6) is 0 Å². The lowest BCUT2D eigenvalue weighted by atomic mass is 9.81. The van der Waals surface area contributed by atoms with E-state index >= 15 is 0 Å². The molecule has 1 N–H and O–H groups in total. The number of aliphatic carboxylic acids is 1. The van der Waals surface area contributed by atoms with Crippen LogP contribution in [0.25, 0.3) is 10.2 Å². The topological polar surface area (TPSA) is 62.7 Å². The fraction of sp³-hybridized carbons (Fsp3) is 0.429. The molecule has 2 fully saturated rings. The van der Waals surface area contributed by atoms with Gasteiger partial charge in [0.2, 0.25) is 0 Å². The molecule has 0 saturated carbocycles. The van der Waals surface area contributed by atoms with Crippen molar-refractivity contribution in [1.82, 2.24) is 4.98 Å². The van der Waals surface area contributed by atoms with Gasteiger partial charge >= 0.3 is 5.97 Å².